The van der Waals surface area contributed by atoms with Gasteiger partial charge in [0.1, 0.15) is 5.92 Å². The second-order valence-corrected chi connectivity index (χ2v) is 5.25. The molecular formula is C13H21F3O2. The number of alkyl halides is 3. The van der Waals surface area contributed by atoms with Crippen LogP contribution in [0.5, 0.6) is 0 Å². The molecule has 5 heteroatoms. The Labute approximate surface area is 106 Å². The zero-order valence-electron chi connectivity index (χ0n) is 11.4. The minimum atomic E-state index is -4.57. The second kappa shape index (κ2) is 6.25. The molecule has 1 atom stereocenters. The Morgan fingerprint density at radius 1 is 1.06 bits per heavy atom. The lowest BCUT2D eigenvalue weighted by Gasteiger charge is -2.24. The normalized spacial score (nSPS) is 15.6. The molecule has 0 radical (unpaired) electrons. The maximum atomic E-state index is 12.3. The standard InChI is InChI=1S/C13H21F3O2/c1-7(2)12(8(3)4)11(18)6-10(17)9(5)13(14,15)16/h6-9,12,18H,1-5H3/b11-6-. The van der Waals surface area contributed by atoms with Crippen LogP contribution >= 0.6 is 0 Å². The lowest BCUT2D eigenvalue weighted by atomic mass is 9.83. The Morgan fingerprint density at radius 3 is 1.72 bits per heavy atom. The van der Waals surface area contributed by atoms with Crippen LogP contribution in [0, 0.1) is 23.7 Å². The topological polar surface area (TPSA) is 37.3 Å². The highest BCUT2D eigenvalue weighted by Gasteiger charge is 2.40. The summed E-state index contributed by atoms with van der Waals surface area (Å²) in [6.07, 6.45) is -3.85. The van der Waals surface area contributed by atoms with Gasteiger partial charge in [0, 0.05) is 12.0 Å². The van der Waals surface area contributed by atoms with Crippen LogP contribution in [0.1, 0.15) is 34.6 Å². The van der Waals surface area contributed by atoms with Gasteiger partial charge in [-0.1, -0.05) is 27.7 Å². The van der Waals surface area contributed by atoms with Crippen molar-refractivity contribution in [3.05, 3.63) is 11.8 Å². The van der Waals surface area contributed by atoms with Gasteiger partial charge in [0.2, 0.25) is 0 Å². The van der Waals surface area contributed by atoms with Crippen LogP contribution in [0.15, 0.2) is 11.8 Å². The predicted octanol–water partition coefficient (Wildman–Crippen LogP) is 4.12. The number of ketones is 1. The summed E-state index contributed by atoms with van der Waals surface area (Å²) in [5, 5.41) is 9.81. The highest BCUT2D eigenvalue weighted by Crippen LogP contribution is 2.30. The van der Waals surface area contributed by atoms with Crippen molar-refractivity contribution in [2.75, 3.05) is 0 Å². The van der Waals surface area contributed by atoms with Crippen LogP contribution < -0.4 is 0 Å². The number of allylic oxidation sites excluding steroid dienone is 2. The van der Waals surface area contributed by atoms with Gasteiger partial charge in [0.15, 0.2) is 5.78 Å². The van der Waals surface area contributed by atoms with Crippen molar-refractivity contribution in [1.29, 1.82) is 0 Å². The summed E-state index contributed by atoms with van der Waals surface area (Å²) in [5.41, 5.74) is 0. The molecule has 0 amide bonds. The van der Waals surface area contributed by atoms with Gasteiger partial charge in [-0.3, -0.25) is 4.79 Å². The molecule has 0 aromatic heterocycles. The van der Waals surface area contributed by atoms with E-state index in [-0.39, 0.29) is 23.5 Å². The number of halogens is 3. The van der Waals surface area contributed by atoms with Crippen molar-refractivity contribution in [3.8, 4) is 0 Å². The first-order valence-electron chi connectivity index (χ1n) is 5.99. The van der Waals surface area contributed by atoms with E-state index in [1.807, 2.05) is 27.7 Å². The fourth-order valence-electron chi connectivity index (χ4n) is 1.98. The molecule has 0 aliphatic heterocycles. The monoisotopic (exact) mass is 266 g/mol. The van der Waals surface area contributed by atoms with E-state index in [0.29, 0.717) is 0 Å². The first kappa shape index (κ1) is 17.0. The fraction of sp³-hybridized carbons (Fsp3) is 0.769. The number of hydrogen-bond acceptors (Lipinski definition) is 2. The van der Waals surface area contributed by atoms with Crippen molar-refractivity contribution < 1.29 is 23.1 Å². The first-order valence-corrected chi connectivity index (χ1v) is 5.99. The van der Waals surface area contributed by atoms with Crippen molar-refractivity contribution >= 4 is 5.78 Å². The summed E-state index contributed by atoms with van der Waals surface area (Å²) in [6, 6.07) is 0. The maximum absolute atomic E-state index is 12.3. The molecule has 0 saturated carbocycles. The molecule has 18 heavy (non-hydrogen) atoms. The number of hydrogen-bond donors (Lipinski definition) is 1. The molecule has 1 unspecified atom stereocenters. The van der Waals surface area contributed by atoms with E-state index in [1.54, 1.807) is 0 Å². The Kier molecular flexibility index (Phi) is 5.90. The number of aliphatic hydroxyl groups excluding tert-OH is 1. The highest BCUT2D eigenvalue weighted by molar-refractivity contribution is 5.92. The van der Waals surface area contributed by atoms with Crippen LogP contribution in [0.3, 0.4) is 0 Å². The van der Waals surface area contributed by atoms with E-state index in [4.69, 9.17) is 0 Å². The third kappa shape index (κ3) is 4.70. The van der Waals surface area contributed by atoms with E-state index >= 15 is 0 Å². The molecule has 0 aromatic carbocycles. The van der Waals surface area contributed by atoms with Gasteiger partial charge in [0.25, 0.3) is 0 Å². The van der Waals surface area contributed by atoms with Crippen LogP contribution in [-0.2, 0) is 4.79 Å². The van der Waals surface area contributed by atoms with Crippen molar-refractivity contribution in [3.63, 3.8) is 0 Å². The summed E-state index contributed by atoms with van der Waals surface area (Å²) in [7, 11) is 0. The van der Waals surface area contributed by atoms with Gasteiger partial charge in [-0.2, -0.15) is 13.2 Å². The quantitative estimate of drug-likeness (QED) is 0.600. The van der Waals surface area contributed by atoms with Crippen LogP contribution in [0.4, 0.5) is 13.2 Å². The van der Waals surface area contributed by atoms with Crippen molar-refractivity contribution in [2.24, 2.45) is 23.7 Å². The van der Waals surface area contributed by atoms with E-state index < -0.39 is 17.9 Å². The van der Waals surface area contributed by atoms with Gasteiger partial charge < -0.3 is 5.11 Å². The van der Waals surface area contributed by atoms with Gasteiger partial charge in [-0.15, -0.1) is 0 Å². The van der Waals surface area contributed by atoms with Crippen LogP contribution in [0.2, 0.25) is 0 Å². The molecule has 0 aliphatic rings. The maximum Gasteiger partial charge on any atom is 0.398 e. The number of rotatable bonds is 5. The molecule has 0 spiro atoms. The van der Waals surface area contributed by atoms with E-state index in [2.05, 4.69) is 0 Å². The van der Waals surface area contributed by atoms with E-state index in [0.717, 1.165) is 13.0 Å². The SMILES string of the molecule is CC(C)C(/C(O)=C/C(=O)C(C)C(F)(F)F)C(C)C. The molecule has 0 aliphatic carbocycles. The van der Waals surface area contributed by atoms with Gasteiger partial charge in [0.05, 0.1) is 5.76 Å². The Bertz CT molecular complexity index is 309. The fourth-order valence-corrected chi connectivity index (χ4v) is 1.98. The second-order valence-electron chi connectivity index (χ2n) is 5.25. The smallest absolute Gasteiger partial charge is 0.398 e. The summed E-state index contributed by atoms with van der Waals surface area (Å²) in [5.74, 6) is -3.66. The molecule has 0 rings (SSSR count). The number of carbonyl (C=O) groups is 1. The third-order valence-electron chi connectivity index (χ3n) is 2.99. The molecule has 0 aromatic rings. The molecule has 0 fully saturated rings. The zero-order valence-corrected chi connectivity index (χ0v) is 11.4. The minimum Gasteiger partial charge on any atom is -0.512 e. The van der Waals surface area contributed by atoms with Gasteiger partial charge in [-0.05, 0) is 18.8 Å². The lowest BCUT2D eigenvalue weighted by molar-refractivity contribution is -0.174. The molecular weight excluding hydrogens is 245 g/mol. The third-order valence-corrected chi connectivity index (χ3v) is 2.99. The van der Waals surface area contributed by atoms with Gasteiger partial charge >= 0.3 is 6.18 Å². The zero-order chi connectivity index (χ0) is 14.7. The lowest BCUT2D eigenvalue weighted by Crippen LogP contribution is -2.28. The average Bonchev–Trinajstić information content (AvgIpc) is 2.13. The van der Waals surface area contributed by atoms with Crippen molar-refractivity contribution in [2.45, 2.75) is 40.8 Å². The summed E-state index contributed by atoms with van der Waals surface area (Å²) >= 11 is 0. The average molecular weight is 266 g/mol. The van der Waals surface area contributed by atoms with E-state index in [9.17, 15) is 23.1 Å². The van der Waals surface area contributed by atoms with Gasteiger partial charge in [-0.25, -0.2) is 0 Å². The van der Waals surface area contributed by atoms with E-state index in [1.165, 1.54) is 0 Å². The van der Waals surface area contributed by atoms with Crippen LogP contribution in [-0.4, -0.2) is 17.1 Å². The summed E-state index contributed by atoms with van der Waals surface area (Å²) in [4.78, 5) is 11.4. The first-order chi connectivity index (χ1) is 7.98. The molecule has 0 heterocycles. The summed E-state index contributed by atoms with van der Waals surface area (Å²) < 4.78 is 37.0. The molecule has 106 valence electrons. The molecule has 1 N–H and O–H groups in total. The molecule has 2 nitrogen and oxygen atoms in total. The molecule has 0 saturated heterocycles. The Morgan fingerprint density at radius 2 is 1.44 bits per heavy atom. The van der Waals surface area contributed by atoms with Crippen LogP contribution in [0.25, 0.3) is 0 Å². The predicted molar refractivity (Wildman–Crippen MR) is 64.1 cm³/mol. The Balaban J connectivity index is 5.02. The Hall–Kier alpha value is -1.00. The summed E-state index contributed by atoms with van der Waals surface area (Å²) in [6.45, 7) is 8.21. The molecule has 0 bridgehead atoms. The minimum absolute atomic E-state index is 0.0512. The number of carbonyl (C=O) groups excluding carboxylic acids is 1. The number of aliphatic hydroxyl groups is 1. The highest BCUT2D eigenvalue weighted by atomic mass is 19.4. The van der Waals surface area contributed by atoms with Crippen molar-refractivity contribution in [1.82, 2.24) is 0 Å². The largest absolute Gasteiger partial charge is 0.512 e.